The van der Waals surface area contributed by atoms with Crippen LogP contribution >= 0.6 is 0 Å². The summed E-state index contributed by atoms with van der Waals surface area (Å²) in [5.41, 5.74) is 4.68. The second kappa shape index (κ2) is 5.90. The Morgan fingerprint density at radius 1 is 0.952 bits per heavy atom. The number of rotatable bonds is 4. The zero-order valence-electron chi connectivity index (χ0n) is 12.9. The number of nitrogens with one attached hydrogen (secondary N) is 1. The Kier molecular flexibility index (Phi) is 4.37. The summed E-state index contributed by atoms with van der Waals surface area (Å²) in [7, 11) is -3.56. The highest BCUT2D eigenvalue weighted by molar-refractivity contribution is 7.92. The lowest BCUT2D eigenvalue weighted by Crippen LogP contribution is -2.15. The van der Waals surface area contributed by atoms with Gasteiger partial charge in [-0.2, -0.15) is 0 Å². The van der Waals surface area contributed by atoms with E-state index in [9.17, 15) is 8.42 Å². The Labute approximate surface area is 127 Å². The first-order valence-corrected chi connectivity index (χ1v) is 8.52. The van der Waals surface area contributed by atoms with Crippen LogP contribution in [0.2, 0.25) is 0 Å². The van der Waals surface area contributed by atoms with Crippen molar-refractivity contribution in [3.63, 3.8) is 0 Å². The fourth-order valence-corrected chi connectivity index (χ4v) is 3.50. The third-order valence-corrected chi connectivity index (χ3v) is 5.11. The minimum Gasteiger partial charge on any atom is -0.279 e. The van der Waals surface area contributed by atoms with Gasteiger partial charge in [-0.3, -0.25) is 4.72 Å². The molecule has 2 aromatic carbocycles. The van der Waals surface area contributed by atoms with Crippen LogP contribution in [-0.4, -0.2) is 8.42 Å². The van der Waals surface area contributed by atoms with Gasteiger partial charge in [0.2, 0.25) is 0 Å². The van der Waals surface area contributed by atoms with Gasteiger partial charge < -0.3 is 0 Å². The van der Waals surface area contributed by atoms with Crippen LogP contribution in [0, 0.1) is 20.8 Å². The lowest BCUT2D eigenvalue weighted by atomic mass is 10.1. The van der Waals surface area contributed by atoms with Crippen molar-refractivity contribution in [2.75, 3.05) is 4.72 Å². The predicted octanol–water partition coefficient (Wildman–Crippen LogP) is 3.98. The Hall–Kier alpha value is -1.81. The summed E-state index contributed by atoms with van der Waals surface area (Å²) in [6.07, 6.45) is 0.784. The smallest absolute Gasteiger partial charge is 0.261 e. The number of sulfonamides is 1. The summed E-state index contributed by atoms with van der Waals surface area (Å²) in [6, 6.07) is 11.0. The molecule has 0 heterocycles. The monoisotopic (exact) mass is 303 g/mol. The summed E-state index contributed by atoms with van der Waals surface area (Å²) in [5, 5.41) is 0. The molecule has 2 aromatic rings. The van der Waals surface area contributed by atoms with Gasteiger partial charge in [-0.15, -0.1) is 0 Å². The molecule has 0 aliphatic rings. The van der Waals surface area contributed by atoms with Crippen LogP contribution in [0.25, 0.3) is 0 Å². The zero-order chi connectivity index (χ0) is 15.6. The average Bonchev–Trinajstić information content (AvgIpc) is 2.43. The van der Waals surface area contributed by atoms with Crippen molar-refractivity contribution in [2.24, 2.45) is 0 Å². The number of hydrogen-bond donors (Lipinski definition) is 1. The maximum Gasteiger partial charge on any atom is 0.261 e. The lowest BCUT2D eigenvalue weighted by Gasteiger charge is -2.15. The number of para-hydroxylation sites is 1. The van der Waals surface area contributed by atoms with E-state index < -0.39 is 10.0 Å². The topological polar surface area (TPSA) is 46.2 Å². The van der Waals surface area contributed by atoms with Gasteiger partial charge in [0.05, 0.1) is 10.6 Å². The molecule has 0 saturated carbocycles. The van der Waals surface area contributed by atoms with Crippen molar-refractivity contribution in [1.29, 1.82) is 0 Å². The fraction of sp³-hybridized carbons (Fsp3) is 0.294. The first-order valence-electron chi connectivity index (χ1n) is 7.03. The number of aryl methyl sites for hydroxylation is 4. The molecule has 2 rings (SSSR count). The van der Waals surface area contributed by atoms with Crippen molar-refractivity contribution in [3.8, 4) is 0 Å². The Morgan fingerprint density at radius 2 is 1.67 bits per heavy atom. The second-order valence-electron chi connectivity index (χ2n) is 5.31. The minimum absolute atomic E-state index is 0.302. The van der Waals surface area contributed by atoms with Gasteiger partial charge in [-0.05, 0) is 61.6 Å². The average molecular weight is 303 g/mol. The third kappa shape index (κ3) is 3.27. The maximum atomic E-state index is 12.6. The van der Waals surface area contributed by atoms with E-state index >= 15 is 0 Å². The van der Waals surface area contributed by atoms with Crippen LogP contribution in [0.3, 0.4) is 0 Å². The van der Waals surface area contributed by atoms with E-state index in [0.29, 0.717) is 10.6 Å². The fourth-order valence-electron chi connectivity index (χ4n) is 2.24. The molecule has 3 nitrogen and oxygen atoms in total. The van der Waals surface area contributed by atoms with E-state index in [1.165, 1.54) is 0 Å². The molecule has 4 heteroatoms. The molecule has 0 atom stereocenters. The first-order chi connectivity index (χ1) is 9.85. The van der Waals surface area contributed by atoms with Gasteiger partial charge >= 0.3 is 0 Å². The highest BCUT2D eigenvalue weighted by Gasteiger charge is 2.17. The molecule has 0 aliphatic heterocycles. The van der Waals surface area contributed by atoms with Crippen LogP contribution in [0.1, 0.15) is 29.2 Å². The van der Waals surface area contributed by atoms with Crippen LogP contribution in [0.5, 0.6) is 0 Å². The van der Waals surface area contributed by atoms with Crippen LogP contribution < -0.4 is 4.72 Å². The minimum atomic E-state index is -3.56. The van der Waals surface area contributed by atoms with E-state index in [0.717, 1.165) is 28.7 Å². The van der Waals surface area contributed by atoms with E-state index in [1.54, 1.807) is 12.1 Å². The number of hydrogen-bond acceptors (Lipinski definition) is 2. The Balaban J connectivity index is 2.44. The molecule has 112 valence electrons. The van der Waals surface area contributed by atoms with Crippen molar-refractivity contribution >= 4 is 15.7 Å². The molecule has 0 bridgehead atoms. The van der Waals surface area contributed by atoms with E-state index in [1.807, 2.05) is 52.0 Å². The molecule has 0 aliphatic carbocycles. The third-order valence-electron chi connectivity index (χ3n) is 3.77. The van der Waals surface area contributed by atoms with Crippen LogP contribution in [0.4, 0.5) is 5.69 Å². The summed E-state index contributed by atoms with van der Waals surface area (Å²) < 4.78 is 27.9. The normalized spacial score (nSPS) is 11.4. The molecule has 0 amide bonds. The molecule has 0 fully saturated rings. The highest BCUT2D eigenvalue weighted by atomic mass is 32.2. The molecule has 0 aromatic heterocycles. The van der Waals surface area contributed by atoms with Gasteiger partial charge in [0.25, 0.3) is 10.0 Å². The molecule has 21 heavy (non-hydrogen) atoms. The molecule has 0 unspecified atom stereocenters. The summed E-state index contributed by atoms with van der Waals surface area (Å²) in [4.78, 5) is 0.302. The number of anilines is 1. The molecule has 0 saturated heterocycles. The van der Waals surface area contributed by atoms with Crippen molar-refractivity contribution in [1.82, 2.24) is 0 Å². The molecular formula is C17H21NO2S. The van der Waals surface area contributed by atoms with E-state index in [2.05, 4.69) is 4.72 Å². The van der Waals surface area contributed by atoms with Gasteiger partial charge in [-0.1, -0.05) is 31.2 Å². The maximum absolute atomic E-state index is 12.6. The molecule has 1 N–H and O–H groups in total. The van der Waals surface area contributed by atoms with Gasteiger partial charge in [0.15, 0.2) is 0 Å². The molecule has 0 spiro atoms. The quantitative estimate of drug-likeness (QED) is 0.928. The van der Waals surface area contributed by atoms with Crippen molar-refractivity contribution < 1.29 is 8.42 Å². The summed E-state index contributed by atoms with van der Waals surface area (Å²) in [6.45, 7) is 7.81. The summed E-state index contributed by atoms with van der Waals surface area (Å²) >= 11 is 0. The summed E-state index contributed by atoms with van der Waals surface area (Å²) in [5.74, 6) is 0. The lowest BCUT2D eigenvalue weighted by molar-refractivity contribution is 0.601. The van der Waals surface area contributed by atoms with Crippen molar-refractivity contribution in [3.05, 3.63) is 58.7 Å². The first kappa shape index (κ1) is 15.6. The largest absolute Gasteiger partial charge is 0.279 e. The van der Waals surface area contributed by atoms with E-state index in [4.69, 9.17) is 0 Å². The van der Waals surface area contributed by atoms with E-state index in [-0.39, 0.29) is 0 Å². The van der Waals surface area contributed by atoms with Gasteiger partial charge in [0.1, 0.15) is 0 Å². The second-order valence-corrected chi connectivity index (χ2v) is 7.00. The highest BCUT2D eigenvalue weighted by Crippen LogP contribution is 2.25. The Bertz CT molecular complexity index is 764. The van der Waals surface area contributed by atoms with Gasteiger partial charge in [-0.25, -0.2) is 8.42 Å². The number of benzene rings is 2. The van der Waals surface area contributed by atoms with Crippen LogP contribution in [-0.2, 0) is 16.4 Å². The predicted molar refractivity (Wildman–Crippen MR) is 87.3 cm³/mol. The zero-order valence-corrected chi connectivity index (χ0v) is 13.7. The SMILES string of the molecule is CCc1cccc(C)c1NS(=O)(=O)c1ccc(C)c(C)c1. The van der Waals surface area contributed by atoms with Crippen molar-refractivity contribution in [2.45, 2.75) is 39.0 Å². The molecular weight excluding hydrogens is 282 g/mol. The van der Waals surface area contributed by atoms with Crippen LogP contribution in [0.15, 0.2) is 41.3 Å². The Morgan fingerprint density at radius 3 is 2.29 bits per heavy atom. The molecule has 0 radical (unpaired) electrons. The van der Waals surface area contributed by atoms with Gasteiger partial charge in [0, 0.05) is 0 Å². The standard InChI is InChI=1S/C17H21NO2S/c1-5-15-8-6-7-13(3)17(15)18-21(19,20)16-10-9-12(2)14(4)11-16/h6-11,18H,5H2,1-4H3.